The topological polar surface area (TPSA) is 71.7 Å². The molecular weight excluding hydrogens is 308 g/mol. The highest BCUT2D eigenvalue weighted by Gasteiger charge is 2.34. The summed E-state index contributed by atoms with van der Waals surface area (Å²) in [5, 5.41) is 3.87. The maximum absolute atomic E-state index is 12.8. The van der Waals surface area contributed by atoms with E-state index in [0.29, 0.717) is 24.8 Å². The zero-order valence-corrected chi connectivity index (χ0v) is 15.1. The van der Waals surface area contributed by atoms with Crippen molar-refractivity contribution in [1.29, 1.82) is 0 Å². The number of piperidine rings is 1. The number of carbonyl (C=O) groups is 1. The normalized spacial score (nSPS) is 28.1. The summed E-state index contributed by atoms with van der Waals surface area (Å²) in [7, 11) is 0. The standard InChI is InChI=1S/C17H28N4O3/c1-11-9-21(10-12(2)23-11)17(22)15-5-7-20(8-6-15)13(3)16-18-14(4)19-24-16/h11-13,15H,5-10H2,1-4H3/t11-,12+,13-/m1/s1. The lowest BCUT2D eigenvalue weighted by Crippen LogP contribution is -2.51. The Kier molecular flexibility index (Phi) is 5.20. The highest BCUT2D eigenvalue weighted by molar-refractivity contribution is 5.79. The molecule has 0 saturated carbocycles. The summed E-state index contributed by atoms with van der Waals surface area (Å²) in [6.07, 6.45) is 2.02. The van der Waals surface area contributed by atoms with Gasteiger partial charge in [0, 0.05) is 19.0 Å². The van der Waals surface area contributed by atoms with Crippen LogP contribution in [0, 0.1) is 12.8 Å². The first-order chi connectivity index (χ1) is 11.4. The van der Waals surface area contributed by atoms with Gasteiger partial charge in [0.05, 0.1) is 18.2 Å². The Hall–Kier alpha value is -1.47. The number of hydrogen-bond acceptors (Lipinski definition) is 6. The van der Waals surface area contributed by atoms with Crippen LogP contribution < -0.4 is 0 Å². The van der Waals surface area contributed by atoms with E-state index in [1.54, 1.807) is 0 Å². The average Bonchev–Trinajstić information content (AvgIpc) is 2.99. The van der Waals surface area contributed by atoms with Crippen LogP contribution in [0.4, 0.5) is 0 Å². The Bertz CT molecular complexity index is 558. The zero-order chi connectivity index (χ0) is 17.3. The molecule has 0 N–H and O–H groups in total. The molecule has 7 nitrogen and oxygen atoms in total. The van der Waals surface area contributed by atoms with Crippen molar-refractivity contribution in [3.8, 4) is 0 Å². The first kappa shape index (κ1) is 17.4. The summed E-state index contributed by atoms with van der Waals surface area (Å²) in [4.78, 5) is 21.4. The summed E-state index contributed by atoms with van der Waals surface area (Å²) < 4.78 is 11.0. The van der Waals surface area contributed by atoms with Gasteiger partial charge < -0.3 is 14.2 Å². The smallest absolute Gasteiger partial charge is 0.243 e. The molecule has 0 bridgehead atoms. The molecule has 2 aliphatic heterocycles. The van der Waals surface area contributed by atoms with E-state index in [4.69, 9.17) is 9.26 Å². The van der Waals surface area contributed by atoms with Crippen molar-refractivity contribution in [2.24, 2.45) is 5.92 Å². The molecule has 0 aromatic carbocycles. The summed E-state index contributed by atoms with van der Waals surface area (Å²) in [5.41, 5.74) is 0. The molecule has 2 fully saturated rings. The molecule has 7 heteroatoms. The minimum absolute atomic E-state index is 0.102. The van der Waals surface area contributed by atoms with Gasteiger partial charge in [-0.1, -0.05) is 5.16 Å². The molecule has 2 saturated heterocycles. The number of ether oxygens (including phenoxy) is 1. The van der Waals surface area contributed by atoms with E-state index in [2.05, 4.69) is 22.0 Å². The first-order valence-electron chi connectivity index (χ1n) is 8.92. The predicted octanol–water partition coefficient (Wildman–Crippen LogP) is 1.79. The van der Waals surface area contributed by atoms with Crippen LogP contribution in [0.15, 0.2) is 4.52 Å². The predicted molar refractivity (Wildman–Crippen MR) is 88.3 cm³/mol. The molecule has 1 aromatic rings. The molecule has 24 heavy (non-hydrogen) atoms. The van der Waals surface area contributed by atoms with Crippen molar-refractivity contribution >= 4 is 5.91 Å². The number of hydrogen-bond donors (Lipinski definition) is 0. The summed E-state index contributed by atoms with van der Waals surface area (Å²) in [6.45, 7) is 11.2. The zero-order valence-electron chi connectivity index (χ0n) is 15.1. The van der Waals surface area contributed by atoms with Gasteiger partial charge in [-0.15, -0.1) is 0 Å². The van der Waals surface area contributed by atoms with E-state index in [1.807, 2.05) is 25.7 Å². The van der Waals surface area contributed by atoms with Gasteiger partial charge in [-0.3, -0.25) is 9.69 Å². The van der Waals surface area contributed by atoms with Gasteiger partial charge >= 0.3 is 0 Å². The van der Waals surface area contributed by atoms with E-state index in [0.717, 1.165) is 25.9 Å². The monoisotopic (exact) mass is 336 g/mol. The minimum atomic E-state index is 0.102. The minimum Gasteiger partial charge on any atom is -0.372 e. The molecule has 3 atom stereocenters. The third-order valence-electron chi connectivity index (χ3n) is 5.06. The molecule has 1 aromatic heterocycles. The van der Waals surface area contributed by atoms with Gasteiger partial charge in [-0.25, -0.2) is 0 Å². The quantitative estimate of drug-likeness (QED) is 0.838. The first-order valence-corrected chi connectivity index (χ1v) is 8.92. The van der Waals surface area contributed by atoms with Crippen LogP contribution in [0.25, 0.3) is 0 Å². The average molecular weight is 336 g/mol. The van der Waals surface area contributed by atoms with Gasteiger partial charge in [-0.2, -0.15) is 4.98 Å². The molecule has 0 spiro atoms. The SMILES string of the molecule is Cc1noc([C@@H](C)N2CCC(C(=O)N3C[C@@H](C)O[C@@H](C)C3)CC2)n1. The van der Waals surface area contributed by atoms with E-state index in [-0.39, 0.29) is 30.1 Å². The molecule has 1 amide bonds. The lowest BCUT2D eigenvalue weighted by Gasteiger charge is -2.39. The van der Waals surface area contributed by atoms with Crippen LogP contribution in [0.3, 0.4) is 0 Å². The second kappa shape index (κ2) is 7.19. The van der Waals surface area contributed by atoms with Crippen LogP contribution >= 0.6 is 0 Å². The van der Waals surface area contributed by atoms with Crippen molar-refractivity contribution in [1.82, 2.24) is 19.9 Å². The Morgan fingerprint density at radius 1 is 1.21 bits per heavy atom. The lowest BCUT2D eigenvalue weighted by atomic mass is 9.94. The van der Waals surface area contributed by atoms with E-state index in [1.165, 1.54) is 0 Å². The molecule has 0 unspecified atom stereocenters. The van der Waals surface area contributed by atoms with Crippen LogP contribution in [-0.4, -0.2) is 64.2 Å². The van der Waals surface area contributed by atoms with Crippen molar-refractivity contribution in [2.45, 2.75) is 58.8 Å². The van der Waals surface area contributed by atoms with Crippen LogP contribution in [-0.2, 0) is 9.53 Å². The fourth-order valence-corrected chi connectivity index (χ4v) is 3.79. The summed E-state index contributed by atoms with van der Waals surface area (Å²) >= 11 is 0. The van der Waals surface area contributed by atoms with Crippen molar-refractivity contribution < 1.29 is 14.1 Å². The van der Waals surface area contributed by atoms with Gasteiger partial charge in [0.1, 0.15) is 0 Å². The van der Waals surface area contributed by atoms with Crippen LogP contribution in [0.2, 0.25) is 0 Å². The molecule has 3 rings (SSSR count). The Balaban J connectivity index is 1.54. The number of rotatable bonds is 3. The van der Waals surface area contributed by atoms with Crippen molar-refractivity contribution in [3.05, 3.63) is 11.7 Å². The maximum atomic E-state index is 12.8. The number of carbonyl (C=O) groups excluding carboxylic acids is 1. The van der Waals surface area contributed by atoms with Crippen LogP contribution in [0.5, 0.6) is 0 Å². The lowest BCUT2D eigenvalue weighted by molar-refractivity contribution is -0.149. The summed E-state index contributed by atoms with van der Waals surface area (Å²) in [5.74, 6) is 1.74. The second-order valence-corrected chi connectivity index (χ2v) is 7.17. The maximum Gasteiger partial charge on any atom is 0.243 e. The number of morpholine rings is 1. The largest absolute Gasteiger partial charge is 0.372 e. The van der Waals surface area contributed by atoms with Gasteiger partial charge in [0.25, 0.3) is 0 Å². The molecule has 134 valence electrons. The number of aryl methyl sites for hydroxylation is 1. The Labute approximate surface area is 143 Å². The molecular formula is C17H28N4O3. The van der Waals surface area contributed by atoms with Crippen molar-refractivity contribution in [3.63, 3.8) is 0 Å². The molecule has 0 aliphatic carbocycles. The Morgan fingerprint density at radius 2 is 1.83 bits per heavy atom. The van der Waals surface area contributed by atoms with Crippen molar-refractivity contribution in [2.75, 3.05) is 26.2 Å². The number of amides is 1. The second-order valence-electron chi connectivity index (χ2n) is 7.17. The fraction of sp³-hybridized carbons (Fsp3) is 0.824. The number of nitrogens with zero attached hydrogens (tertiary/aromatic N) is 4. The van der Waals surface area contributed by atoms with Gasteiger partial charge in [0.2, 0.25) is 11.8 Å². The molecule has 2 aliphatic rings. The Morgan fingerprint density at radius 3 is 2.38 bits per heavy atom. The highest BCUT2D eigenvalue weighted by Crippen LogP contribution is 2.27. The highest BCUT2D eigenvalue weighted by atomic mass is 16.5. The third kappa shape index (κ3) is 3.78. The number of aromatic nitrogens is 2. The van der Waals surface area contributed by atoms with E-state index < -0.39 is 0 Å². The summed E-state index contributed by atoms with van der Waals surface area (Å²) in [6, 6.07) is 0.102. The molecule has 3 heterocycles. The third-order valence-corrected chi connectivity index (χ3v) is 5.06. The molecule has 0 radical (unpaired) electrons. The van der Waals surface area contributed by atoms with E-state index >= 15 is 0 Å². The number of likely N-dealkylation sites (tertiary alicyclic amines) is 1. The van der Waals surface area contributed by atoms with Gasteiger partial charge in [0.15, 0.2) is 5.82 Å². The van der Waals surface area contributed by atoms with E-state index in [9.17, 15) is 4.79 Å². The fourth-order valence-electron chi connectivity index (χ4n) is 3.79. The van der Waals surface area contributed by atoms with Crippen LogP contribution in [0.1, 0.15) is 51.4 Å². The van der Waals surface area contributed by atoms with Gasteiger partial charge in [-0.05, 0) is 53.6 Å².